The van der Waals surface area contributed by atoms with Crippen LogP contribution >= 0.6 is 23.8 Å². The zero-order valence-corrected chi connectivity index (χ0v) is 27.2. The predicted molar refractivity (Wildman–Crippen MR) is 187 cm³/mol. The molecule has 9 nitrogen and oxygen atoms in total. The van der Waals surface area contributed by atoms with Gasteiger partial charge in [0.15, 0.2) is 5.11 Å². The number of benzene rings is 4. The molecule has 1 atom stereocenters. The molecule has 5 rings (SSSR count). The van der Waals surface area contributed by atoms with Crippen LogP contribution in [-0.4, -0.2) is 43.0 Å². The Bertz CT molecular complexity index is 1820. The first-order valence-corrected chi connectivity index (χ1v) is 15.7. The van der Waals surface area contributed by atoms with E-state index in [1.165, 1.54) is 12.1 Å². The number of aromatic nitrogens is 2. The molecule has 0 aliphatic rings. The van der Waals surface area contributed by atoms with Gasteiger partial charge in [-0.1, -0.05) is 80.0 Å². The Kier molecular flexibility index (Phi) is 10.6. The van der Waals surface area contributed by atoms with Crippen LogP contribution in [0.25, 0.3) is 10.8 Å². The summed E-state index contributed by atoms with van der Waals surface area (Å²) in [5, 5.41) is 21.1. The van der Waals surface area contributed by atoms with Crippen LogP contribution in [0.4, 0.5) is 11.4 Å². The minimum atomic E-state index is -0.425. The quantitative estimate of drug-likeness (QED) is 0.0831. The monoisotopic (exact) mass is 654 g/mol. The van der Waals surface area contributed by atoms with Gasteiger partial charge >= 0.3 is 0 Å². The van der Waals surface area contributed by atoms with Crippen molar-refractivity contribution >= 4 is 57.0 Å². The number of anilines is 1. The Morgan fingerprint density at radius 3 is 2.46 bits per heavy atom. The van der Waals surface area contributed by atoms with Gasteiger partial charge in [-0.25, -0.2) is 4.98 Å². The highest BCUT2D eigenvalue weighted by Gasteiger charge is 2.23. The van der Waals surface area contributed by atoms with E-state index in [1.807, 2.05) is 47.0 Å². The molecule has 5 aromatic rings. The maximum absolute atomic E-state index is 13.5. The van der Waals surface area contributed by atoms with Crippen LogP contribution in [0.1, 0.15) is 30.7 Å². The summed E-state index contributed by atoms with van der Waals surface area (Å²) in [6.45, 7) is 5.62. The van der Waals surface area contributed by atoms with E-state index in [-0.39, 0.29) is 30.0 Å². The molecule has 0 aliphatic carbocycles. The molecule has 0 unspecified atom stereocenters. The van der Waals surface area contributed by atoms with Gasteiger partial charge < -0.3 is 20.1 Å². The zero-order chi connectivity index (χ0) is 32.6. The molecule has 0 fully saturated rings. The molecule has 4 aromatic carbocycles. The van der Waals surface area contributed by atoms with E-state index in [0.717, 1.165) is 33.3 Å². The Balaban J connectivity index is 1.31. The number of hydrogen-bond donors (Lipinski definition) is 2. The summed E-state index contributed by atoms with van der Waals surface area (Å²) in [6, 6.07) is 28.1. The lowest BCUT2D eigenvalue weighted by Crippen LogP contribution is -2.49. The van der Waals surface area contributed by atoms with E-state index in [4.69, 9.17) is 23.8 Å². The summed E-state index contributed by atoms with van der Waals surface area (Å²) in [6.07, 6.45) is 3.47. The van der Waals surface area contributed by atoms with Crippen LogP contribution < -0.4 is 10.6 Å². The Labute approximate surface area is 278 Å². The molecule has 0 spiro atoms. The minimum absolute atomic E-state index is 0.0334. The number of nitrogens with zero attached hydrogens (tertiary/aromatic N) is 4. The maximum Gasteiger partial charge on any atom is 0.269 e. The van der Waals surface area contributed by atoms with Crippen LogP contribution in [0.3, 0.4) is 0 Å². The lowest BCUT2D eigenvalue weighted by Gasteiger charge is -2.33. The molecule has 0 bridgehead atoms. The van der Waals surface area contributed by atoms with Crippen LogP contribution in [0.5, 0.6) is 0 Å². The molecule has 0 saturated carbocycles. The molecule has 46 heavy (non-hydrogen) atoms. The first-order valence-electron chi connectivity index (χ1n) is 15.0. The Hall–Kier alpha value is -4.80. The molecular weight excluding hydrogens is 620 g/mol. The zero-order valence-electron chi connectivity index (χ0n) is 25.6. The van der Waals surface area contributed by atoms with Crippen LogP contribution in [0, 0.1) is 16.0 Å². The second-order valence-electron chi connectivity index (χ2n) is 11.5. The third-order valence-corrected chi connectivity index (χ3v) is 8.44. The number of thiocarbonyl (C=S) groups is 1. The van der Waals surface area contributed by atoms with Crippen molar-refractivity contribution in [2.24, 2.45) is 5.92 Å². The molecule has 1 aromatic heterocycles. The van der Waals surface area contributed by atoms with Crippen molar-refractivity contribution in [1.82, 2.24) is 19.8 Å². The molecule has 0 saturated heterocycles. The van der Waals surface area contributed by atoms with E-state index in [1.54, 1.807) is 24.7 Å². The molecule has 0 radical (unpaired) electrons. The summed E-state index contributed by atoms with van der Waals surface area (Å²) >= 11 is 12.0. The molecular formula is C35H35ClN6O3S. The fraction of sp³-hybridized carbons (Fsp3) is 0.229. The van der Waals surface area contributed by atoms with Gasteiger partial charge in [0.05, 0.1) is 17.7 Å². The van der Waals surface area contributed by atoms with Gasteiger partial charge in [0.2, 0.25) is 5.91 Å². The highest BCUT2D eigenvalue weighted by Crippen LogP contribution is 2.22. The van der Waals surface area contributed by atoms with Gasteiger partial charge in [-0.15, -0.1) is 0 Å². The van der Waals surface area contributed by atoms with E-state index >= 15 is 0 Å². The highest BCUT2D eigenvalue weighted by atomic mass is 35.5. The molecule has 11 heteroatoms. The van der Waals surface area contributed by atoms with Crippen molar-refractivity contribution in [2.45, 2.75) is 39.4 Å². The maximum atomic E-state index is 13.5. The predicted octanol–water partition coefficient (Wildman–Crippen LogP) is 7.23. The van der Waals surface area contributed by atoms with Gasteiger partial charge in [0.25, 0.3) is 5.69 Å². The fourth-order valence-electron chi connectivity index (χ4n) is 5.23. The number of non-ortho nitro benzene ring substituents is 1. The second-order valence-corrected chi connectivity index (χ2v) is 12.3. The van der Waals surface area contributed by atoms with Crippen molar-refractivity contribution in [3.05, 3.63) is 135 Å². The lowest BCUT2D eigenvalue weighted by molar-refractivity contribution is -0.384. The number of halogens is 1. The Morgan fingerprint density at radius 2 is 1.74 bits per heavy atom. The summed E-state index contributed by atoms with van der Waals surface area (Å²) in [4.78, 5) is 30.4. The minimum Gasteiger partial charge on any atom is -0.351 e. The number of carbonyl (C=O) groups excluding carboxylic acids is 1. The molecule has 1 heterocycles. The highest BCUT2D eigenvalue weighted by molar-refractivity contribution is 7.80. The molecule has 1 amide bonds. The van der Waals surface area contributed by atoms with Crippen molar-refractivity contribution in [3.63, 3.8) is 0 Å². The number of carbonyl (C=O) groups is 1. The van der Waals surface area contributed by atoms with Crippen molar-refractivity contribution in [3.8, 4) is 0 Å². The number of nitro groups is 1. The Morgan fingerprint density at radius 1 is 1.02 bits per heavy atom. The number of fused-ring (bicyclic) bond motifs is 1. The second kappa shape index (κ2) is 15.0. The van der Waals surface area contributed by atoms with Crippen molar-refractivity contribution in [1.29, 1.82) is 0 Å². The topological polar surface area (TPSA) is 105 Å². The fourth-order valence-corrected chi connectivity index (χ4v) is 5.61. The standard InChI is InChI=1S/C35H35ClN6O3S/c1-24(2)33(39-34(43)18-31-19-37-23-41(31)20-25-10-16-30(17-11-25)42(44)45)22-40(35(46)38-29-14-12-28(36)13-15-29)21-27-8-5-7-26-6-3-4-9-32(26)27/h3-17,19,23-24,33H,18,20-22H2,1-2H3,(H,38,46)(H,39,43)/t33-/m1/s1. The van der Waals surface area contributed by atoms with E-state index in [2.05, 4.69) is 58.6 Å². The van der Waals surface area contributed by atoms with E-state index in [0.29, 0.717) is 29.8 Å². The average molecular weight is 655 g/mol. The number of nitrogens with one attached hydrogen (secondary N) is 2. The molecule has 236 valence electrons. The molecule has 0 aliphatic heterocycles. The van der Waals surface area contributed by atoms with Gasteiger partial charge in [-0.05, 0) is 64.3 Å². The lowest BCUT2D eigenvalue weighted by atomic mass is 10.0. The summed E-state index contributed by atoms with van der Waals surface area (Å²) < 4.78 is 1.88. The SMILES string of the molecule is CC(C)[C@@H](CN(Cc1cccc2ccccc12)C(=S)Nc1ccc(Cl)cc1)NC(=O)Cc1cncn1Cc1ccc([N+](=O)[O-])cc1. The summed E-state index contributed by atoms with van der Waals surface area (Å²) in [7, 11) is 0. The summed E-state index contributed by atoms with van der Waals surface area (Å²) in [5.74, 6) is -0.0202. The average Bonchev–Trinajstić information content (AvgIpc) is 3.47. The van der Waals surface area contributed by atoms with Crippen molar-refractivity contribution < 1.29 is 9.72 Å². The van der Waals surface area contributed by atoms with Crippen molar-refractivity contribution in [2.75, 3.05) is 11.9 Å². The van der Waals surface area contributed by atoms with Gasteiger partial charge in [0.1, 0.15) is 0 Å². The first kappa shape index (κ1) is 32.6. The van der Waals surface area contributed by atoms with Crippen LogP contribution in [0.2, 0.25) is 5.02 Å². The third kappa shape index (κ3) is 8.47. The van der Waals surface area contributed by atoms with E-state index < -0.39 is 4.92 Å². The van der Waals surface area contributed by atoms with Gasteiger partial charge in [0, 0.05) is 60.4 Å². The van der Waals surface area contributed by atoms with Gasteiger partial charge in [-0.3, -0.25) is 14.9 Å². The first-order chi connectivity index (χ1) is 22.2. The third-order valence-electron chi connectivity index (χ3n) is 7.83. The van der Waals surface area contributed by atoms with Crippen LogP contribution in [0.15, 0.2) is 104 Å². The molecule has 2 N–H and O–H groups in total. The van der Waals surface area contributed by atoms with E-state index in [9.17, 15) is 14.9 Å². The van der Waals surface area contributed by atoms with Crippen LogP contribution in [-0.2, 0) is 24.3 Å². The number of amides is 1. The smallest absolute Gasteiger partial charge is 0.269 e. The normalized spacial score (nSPS) is 11.7. The van der Waals surface area contributed by atoms with Gasteiger partial charge in [-0.2, -0.15) is 0 Å². The summed E-state index contributed by atoms with van der Waals surface area (Å²) in [5.41, 5.74) is 3.60. The number of rotatable bonds is 12. The number of nitro benzene ring substituents is 1. The largest absolute Gasteiger partial charge is 0.351 e. The number of imidazole rings is 1. The number of hydrogen-bond acceptors (Lipinski definition) is 5.